The number of thioether (sulfide) groups is 1. The van der Waals surface area contributed by atoms with Crippen molar-refractivity contribution < 1.29 is 18.7 Å². The standard InChI is InChI=1S/C33H29FN6O3S2/c1-21-5-7-23(8-6-21)28-18-27(22-9-15-26(43-2)16-10-22)38-40(28)31(41)20-45-33-37-36-30(19-35-32(42)29-4-3-17-44-29)39(33)25-13-11-24(34)12-14-25/h3-17,28H,18-20H2,1-2H3,(H,35,42). The number of aromatic nitrogens is 3. The van der Waals surface area contributed by atoms with Crippen molar-refractivity contribution >= 4 is 40.6 Å². The summed E-state index contributed by atoms with van der Waals surface area (Å²) in [6.45, 7) is 2.11. The van der Waals surface area contributed by atoms with E-state index in [-0.39, 0.29) is 36.0 Å². The van der Waals surface area contributed by atoms with E-state index < -0.39 is 0 Å². The zero-order valence-corrected chi connectivity index (χ0v) is 26.1. The second-order valence-electron chi connectivity index (χ2n) is 10.3. The monoisotopic (exact) mass is 640 g/mol. The number of nitrogens with zero attached hydrogens (tertiary/aromatic N) is 5. The number of thiophene rings is 1. The molecule has 45 heavy (non-hydrogen) atoms. The molecule has 1 unspecified atom stereocenters. The van der Waals surface area contributed by atoms with Gasteiger partial charge < -0.3 is 10.1 Å². The number of carbonyl (C=O) groups is 2. The maximum Gasteiger partial charge on any atom is 0.261 e. The fraction of sp³-hybridized carbons (Fsp3) is 0.182. The molecular weight excluding hydrogens is 612 g/mol. The van der Waals surface area contributed by atoms with Gasteiger partial charge in [-0.25, -0.2) is 9.40 Å². The van der Waals surface area contributed by atoms with Crippen LogP contribution in [0.3, 0.4) is 0 Å². The lowest BCUT2D eigenvalue weighted by atomic mass is 9.97. The van der Waals surface area contributed by atoms with Crippen molar-refractivity contribution in [2.75, 3.05) is 12.9 Å². The lowest BCUT2D eigenvalue weighted by Gasteiger charge is -2.22. The highest BCUT2D eigenvalue weighted by molar-refractivity contribution is 7.99. The van der Waals surface area contributed by atoms with Crippen molar-refractivity contribution in [3.63, 3.8) is 0 Å². The van der Waals surface area contributed by atoms with Crippen molar-refractivity contribution in [2.24, 2.45) is 5.10 Å². The van der Waals surface area contributed by atoms with Crippen LogP contribution in [0.15, 0.2) is 101 Å². The van der Waals surface area contributed by atoms with E-state index in [1.54, 1.807) is 41.0 Å². The summed E-state index contributed by atoms with van der Waals surface area (Å²) in [5, 5.41) is 20.1. The number of hydrogen-bond acceptors (Lipinski definition) is 8. The predicted molar refractivity (Wildman–Crippen MR) is 172 cm³/mol. The van der Waals surface area contributed by atoms with Crippen LogP contribution in [-0.4, -0.2) is 50.2 Å². The van der Waals surface area contributed by atoms with Gasteiger partial charge in [0.05, 0.1) is 36.0 Å². The van der Waals surface area contributed by atoms with Crippen LogP contribution in [0, 0.1) is 12.7 Å². The maximum absolute atomic E-state index is 13.8. The smallest absolute Gasteiger partial charge is 0.261 e. The van der Waals surface area contributed by atoms with Gasteiger partial charge in [-0.1, -0.05) is 47.7 Å². The van der Waals surface area contributed by atoms with Gasteiger partial charge in [-0.05, 0) is 78.0 Å². The molecule has 0 spiro atoms. The molecule has 3 aromatic carbocycles. The van der Waals surface area contributed by atoms with Gasteiger partial charge in [-0.2, -0.15) is 5.10 Å². The van der Waals surface area contributed by atoms with Crippen LogP contribution in [0.2, 0.25) is 0 Å². The molecule has 1 aliphatic heterocycles. The minimum absolute atomic E-state index is 0.0304. The molecule has 6 rings (SSSR count). The Bertz CT molecular complexity index is 1820. The Kier molecular flexibility index (Phi) is 9.03. The molecule has 0 saturated carbocycles. The molecule has 12 heteroatoms. The summed E-state index contributed by atoms with van der Waals surface area (Å²) >= 11 is 2.54. The van der Waals surface area contributed by atoms with Gasteiger partial charge in [0.25, 0.3) is 11.8 Å². The molecule has 0 aliphatic carbocycles. The van der Waals surface area contributed by atoms with Crippen LogP contribution < -0.4 is 10.1 Å². The van der Waals surface area contributed by atoms with E-state index in [0.29, 0.717) is 28.0 Å². The second-order valence-corrected chi connectivity index (χ2v) is 12.2. The Labute approximate surface area is 267 Å². The first-order valence-electron chi connectivity index (χ1n) is 14.1. The molecule has 1 N–H and O–H groups in total. The Morgan fingerprint density at radius 1 is 1.02 bits per heavy atom. The minimum Gasteiger partial charge on any atom is -0.497 e. The minimum atomic E-state index is -0.384. The van der Waals surface area contributed by atoms with E-state index in [9.17, 15) is 14.0 Å². The molecule has 0 bridgehead atoms. The van der Waals surface area contributed by atoms with Crippen LogP contribution in [-0.2, 0) is 11.3 Å². The molecule has 0 saturated heterocycles. The van der Waals surface area contributed by atoms with Gasteiger partial charge in [-0.3, -0.25) is 14.2 Å². The summed E-state index contributed by atoms with van der Waals surface area (Å²) in [6, 6.07) is 24.9. The summed E-state index contributed by atoms with van der Waals surface area (Å²) in [4.78, 5) is 27.0. The highest BCUT2D eigenvalue weighted by Gasteiger charge is 2.33. The molecule has 0 radical (unpaired) electrons. The zero-order valence-electron chi connectivity index (χ0n) is 24.5. The molecule has 2 amide bonds. The first-order chi connectivity index (χ1) is 21.9. The number of carbonyl (C=O) groups excluding carboxylic acids is 2. The van der Waals surface area contributed by atoms with Crippen LogP contribution >= 0.6 is 23.1 Å². The molecule has 0 fully saturated rings. The normalized spacial score (nSPS) is 14.3. The Morgan fingerprint density at radius 3 is 2.47 bits per heavy atom. The van der Waals surface area contributed by atoms with Crippen molar-refractivity contribution in [3.05, 3.63) is 124 Å². The van der Waals surface area contributed by atoms with E-state index >= 15 is 0 Å². The molecule has 1 aliphatic rings. The third kappa shape index (κ3) is 6.81. The van der Waals surface area contributed by atoms with Gasteiger partial charge in [0.15, 0.2) is 11.0 Å². The van der Waals surface area contributed by atoms with Gasteiger partial charge in [-0.15, -0.1) is 21.5 Å². The molecule has 2 aromatic heterocycles. The predicted octanol–water partition coefficient (Wildman–Crippen LogP) is 6.18. The van der Waals surface area contributed by atoms with Crippen LogP contribution in [0.1, 0.15) is 44.6 Å². The third-order valence-corrected chi connectivity index (χ3v) is 9.10. The van der Waals surface area contributed by atoms with E-state index in [2.05, 4.69) is 15.5 Å². The fourth-order valence-corrected chi connectivity index (χ4v) is 6.41. The molecule has 1 atom stereocenters. The maximum atomic E-state index is 13.8. The summed E-state index contributed by atoms with van der Waals surface area (Å²) in [5.41, 5.74) is 4.45. The topological polar surface area (TPSA) is 102 Å². The van der Waals surface area contributed by atoms with Crippen molar-refractivity contribution in [1.82, 2.24) is 25.1 Å². The summed E-state index contributed by atoms with van der Waals surface area (Å²) in [7, 11) is 1.62. The highest BCUT2D eigenvalue weighted by atomic mass is 32.2. The average molecular weight is 641 g/mol. The number of aryl methyl sites for hydroxylation is 1. The third-order valence-electron chi connectivity index (χ3n) is 7.31. The lowest BCUT2D eigenvalue weighted by molar-refractivity contribution is -0.130. The Balaban J connectivity index is 1.24. The number of hydrazone groups is 1. The zero-order chi connectivity index (χ0) is 31.3. The van der Waals surface area contributed by atoms with E-state index in [1.165, 1.54) is 35.2 Å². The highest BCUT2D eigenvalue weighted by Crippen LogP contribution is 2.34. The quantitative estimate of drug-likeness (QED) is 0.183. The van der Waals surface area contributed by atoms with Crippen LogP contribution in [0.25, 0.3) is 5.69 Å². The number of rotatable bonds is 10. The molecular formula is C33H29FN6O3S2. The van der Waals surface area contributed by atoms with Gasteiger partial charge in [0.1, 0.15) is 11.6 Å². The van der Waals surface area contributed by atoms with Crippen LogP contribution in [0.4, 0.5) is 4.39 Å². The number of nitrogens with one attached hydrogen (secondary N) is 1. The van der Waals surface area contributed by atoms with E-state index in [0.717, 1.165) is 28.2 Å². The number of hydrogen-bond donors (Lipinski definition) is 1. The number of amides is 2. The van der Waals surface area contributed by atoms with Crippen molar-refractivity contribution in [1.29, 1.82) is 0 Å². The largest absolute Gasteiger partial charge is 0.497 e. The second kappa shape index (κ2) is 13.4. The molecule has 9 nitrogen and oxygen atoms in total. The average Bonchev–Trinajstić information content (AvgIpc) is 3.84. The van der Waals surface area contributed by atoms with Crippen molar-refractivity contribution in [3.8, 4) is 11.4 Å². The van der Waals surface area contributed by atoms with E-state index in [4.69, 9.17) is 9.84 Å². The number of ether oxygens (including phenoxy) is 1. The van der Waals surface area contributed by atoms with Gasteiger partial charge in [0.2, 0.25) is 0 Å². The molecule has 3 heterocycles. The summed E-state index contributed by atoms with van der Waals surface area (Å²) in [5.74, 6) is 0.404. The summed E-state index contributed by atoms with van der Waals surface area (Å²) < 4.78 is 20.8. The number of halogens is 1. The Hall–Kier alpha value is -4.81. The SMILES string of the molecule is COc1ccc(C2=NN(C(=O)CSc3nnc(CNC(=O)c4cccs4)n3-c3ccc(F)cc3)C(c3ccc(C)cc3)C2)cc1. The van der Waals surface area contributed by atoms with Gasteiger partial charge in [0, 0.05) is 12.1 Å². The molecule has 5 aromatic rings. The van der Waals surface area contributed by atoms with Gasteiger partial charge >= 0.3 is 0 Å². The summed E-state index contributed by atoms with van der Waals surface area (Å²) in [6.07, 6.45) is 0.561. The lowest BCUT2D eigenvalue weighted by Crippen LogP contribution is -2.28. The number of benzene rings is 3. The Morgan fingerprint density at radius 2 is 1.78 bits per heavy atom. The molecule has 228 valence electrons. The van der Waals surface area contributed by atoms with Crippen molar-refractivity contribution in [2.45, 2.75) is 31.1 Å². The fourth-order valence-electron chi connectivity index (χ4n) is 4.95. The van der Waals surface area contributed by atoms with Crippen LogP contribution in [0.5, 0.6) is 5.75 Å². The first-order valence-corrected chi connectivity index (χ1v) is 16.0. The first kappa shape index (κ1) is 30.2. The number of methoxy groups -OCH3 is 1. The van der Waals surface area contributed by atoms with E-state index in [1.807, 2.05) is 60.8 Å².